The molecule has 6 rings (SSSR count). The fourth-order valence-corrected chi connectivity index (χ4v) is 7.03. The minimum Gasteiger partial charge on any atom is -0.496 e. The van der Waals surface area contributed by atoms with Crippen molar-refractivity contribution < 1.29 is 13.2 Å². The average molecular weight is 561 g/mol. The van der Waals surface area contributed by atoms with Crippen molar-refractivity contribution in [3.05, 3.63) is 66.1 Å². The molecule has 0 amide bonds. The van der Waals surface area contributed by atoms with Crippen LogP contribution in [-0.2, 0) is 9.84 Å². The number of anilines is 1. The van der Waals surface area contributed by atoms with Crippen LogP contribution in [0.25, 0.3) is 38.5 Å². The first-order valence-corrected chi connectivity index (χ1v) is 15.5. The lowest BCUT2D eigenvalue weighted by Gasteiger charge is -2.48. The molecule has 1 fully saturated rings. The number of fused-ring (bicyclic) bond motifs is 1. The molecule has 0 saturated carbocycles. The molecule has 5 aromatic rings. The van der Waals surface area contributed by atoms with Crippen molar-refractivity contribution in [2.24, 2.45) is 5.92 Å². The Balaban J connectivity index is 1.47. The van der Waals surface area contributed by atoms with E-state index in [4.69, 9.17) is 19.8 Å². The number of thiophene rings is 1. The molecular weight excluding hydrogens is 532 g/mol. The van der Waals surface area contributed by atoms with Gasteiger partial charge in [-0.3, -0.25) is 9.97 Å². The summed E-state index contributed by atoms with van der Waals surface area (Å²) in [5, 5.41) is 7.68. The van der Waals surface area contributed by atoms with Gasteiger partial charge in [-0.2, -0.15) is 5.10 Å². The van der Waals surface area contributed by atoms with Crippen molar-refractivity contribution in [1.82, 2.24) is 24.7 Å². The Labute approximate surface area is 231 Å². The summed E-state index contributed by atoms with van der Waals surface area (Å²) in [6, 6.07) is 12.1. The number of pyridine rings is 3. The third kappa shape index (κ3) is 4.76. The maximum absolute atomic E-state index is 11.9. The van der Waals surface area contributed by atoms with Gasteiger partial charge < -0.3 is 9.64 Å². The number of aryl methyl sites for hydroxylation is 1. The molecule has 39 heavy (non-hydrogen) atoms. The summed E-state index contributed by atoms with van der Waals surface area (Å²) in [6.07, 6.45) is 6.56. The Morgan fingerprint density at radius 3 is 2.69 bits per heavy atom. The highest BCUT2D eigenvalue weighted by atomic mass is 32.2. The van der Waals surface area contributed by atoms with Gasteiger partial charge in [0, 0.05) is 60.0 Å². The van der Waals surface area contributed by atoms with Crippen molar-refractivity contribution in [2.75, 3.05) is 30.6 Å². The zero-order valence-electron chi connectivity index (χ0n) is 22.1. The maximum atomic E-state index is 11.9. The van der Waals surface area contributed by atoms with Gasteiger partial charge in [0.2, 0.25) is 0 Å². The third-order valence-corrected chi connectivity index (χ3v) is 9.20. The lowest BCUT2D eigenvalue weighted by molar-refractivity contribution is 0.341. The number of ether oxygens (including phenoxy) is 1. The van der Waals surface area contributed by atoms with Gasteiger partial charge in [0.15, 0.2) is 5.82 Å². The molecule has 0 N–H and O–H groups in total. The number of rotatable bonds is 7. The molecule has 0 spiro atoms. The van der Waals surface area contributed by atoms with Crippen LogP contribution in [0.5, 0.6) is 5.75 Å². The van der Waals surface area contributed by atoms with Crippen LogP contribution < -0.4 is 9.64 Å². The monoisotopic (exact) mass is 560 g/mol. The van der Waals surface area contributed by atoms with Crippen molar-refractivity contribution in [3.63, 3.8) is 0 Å². The number of aromatic nitrogens is 5. The molecule has 0 unspecified atom stereocenters. The van der Waals surface area contributed by atoms with E-state index in [-0.39, 0.29) is 17.7 Å². The summed E-state index contributed by atoms with van der Waals surface area (Å²) >= 11 is 1.63. The SMILES string of the molecule is COc1ccncc1-c1cc2c(cnn2-c2cc(N3C[C@H](CS(C)(=O)=O)[C@H]3C)cc(-c3cccs3)n2)c(C)n1. The standard InChI is InChI=1S/C28H28N6O3S2/c1-17-21-14-30-34(25(21)12-23(31-17)22-13-29-8-7-26(22)37-3)28-11-20(10-24(32-28)27-6-5-9-38-27)33-15-19(18(33)2)16-39(4,35)36/h5-14,18-19H,15-16H2,1-4H3/t18-,19-/m1/s1. The highest BCUT2D eigenvalue weighted by Gasteiger charge is 2.38. The quantitative estimate of drug-likeness (QED) is 0.280. The molecule has 0 radical (unpaired) electrons. The summed E-state index contributed by atoms with van der Waals surface area (Å²) in [5.41, 5.74) is 5.08. The first kappa shape index (κ1) is 25.4. The predicted molar refractivity (Wildman–Crippen MR) is 155 cm³/mol. The molecule has 9 nitrogen and oxygen atoms in total. The van der Waals surface area contributed by atoms with E-state index in [0.29, 0.717) is 18.1 Å². The Morgan fingerprint density at radius 2 is 1.97 bits per heavy atom. The molecule has 200 valence electrons. The van der Waals surface area contributed by atoms with Crippen LogP contribution in [0.4, 0.5) is 5.69 Å². The second-order valence-corrected chi connectivity index (χ2v) is 13.1. The van der Waals surface area contributed by atoms with E-state index >= 15 is 0 Å². The summed E-state index contributed by atoms with van der Waals surface area (Å²) < 4.78 is 31.2. The van der Waals surface area contributed by atoms with Crippen molar-refractivity contribution in [2.45, 2.75) is 19.9 Å². The summed E-state index contributed by atoms with van der Waals surface area (Å²) in [6.45, 7) is 4.72. The van der Waals surface area contributed by atoms with Crippen LogP contribution in [-0.4, -0.2) is 64.9 Å². The molecule has 11 heteroatoms. The van der Waals surface area contributed by atoms with Gasteiger partial charge in [-0.1, -0.05) is 6.07 Å². The number of hydrogen-bond donors (Lipinski definition) is 0. The number of nitrogens with zero attached hydrogens (tertiary/aromatic N) is 6. The van der Waals surface area contributed by atoms with E-state index in [9.17, 15) is 8.42 Å². The number of hydrogen-bond acceptors (Lipinski definition) is 9. The first-order valence-electron chi connectivity index (χ1n) is 12.6. The lowest BCUT2D eigenvalue weighted by atomic mass is 9.91. The Bertz CT molecular complexity index is 1780. The fourth-order valence-electron chi connectivity index (χ4n) is 5.19. The fraction of sp³-hybridized carbons (Fsp3) is 0.286. The molecular formula is C28H28N6O3S2. The Kier molecular flexibility index (Phi) is 6.35. The zero-order chi connectivity index (χ0) is 27.3. The molecule has 1 aliphatic rings. The smallest absolute Gasteiger partial charge is 0.156 e. The van der Waals surface area contributed by atoms with Crippen LogP contribution in [0.3, 0.4) is 0 Å². The molecule has 1 aliphatic heterocycles. The summed E-state index contributed by atoms with van der Waals surface area (Å²) in [5.74, 6) is 1.66. The van der Waals surface area contributed by atoms with Crippen LogP contribution in [0.1, 0.15) is 12.6 Å². The van der Waals surface area contributed by atoms with E-state index in [0.717, 1.165) is 44.1 Å². The van der Waals surface area contributed by atoms with Crippen LogP contribution >= 0.6 is 11.3 Å². The Morgan fingerprint density at radius 1 is 1.13 bits per heavy atom. The molecule has 5 aromatic heterocycles. The molecule has 6 heterocycles. The first-order chi connectivity index (χ1) is 18.7. The highest BCUT2D eigenvalue weighted by Crippen LogP contribution is 2.37. The van der Waals surface area contributed by atoms with E-state index in [1.165, 1.54) is 6.26 Å². The zero-order valence-corrected chi connectivity index (χ0v) is 23.7. The largest absolute Gasteiger partial charge is 0.496 e. The number of methoxy groups -OCH3 is 1. The van der Waals surface area contributed by atoms with Gasteiger partial charge >= 0.3 is 0 Å². The predicted octanol–water partition coefficient (Wildman–Crippen LogP) is 4.79. The van der Waals surface area contributed by atoms with Gasteiger partial charge in [0.05, 0.1) is 46.4 Å². The summed E-state index contributed by atoms with van der Waals surface area (Å²) in [4.78, 5) is 17.4. The van der Waals surface area contributed by atoms with E-state index in [1.54, 1.807) is 30.8 Å². The van der Waals surface area contributed by atoms with Crippen molar-refractivity contribution in [1.29, 1.82) is 0 Å². The summed E-state index contributed by atoms with van der Waals surface area (Å²) in [7, 11) is -1.41. The van der Waals surface area contributed by atoms with Gasteiger partial charge in [-0.25, -0.2) is 18.1 Å². The second-order valence-electron chi connectivity index (χ2n) is 9.95. The average Bonchev–Trinajstić information content (AvgIpc) is 3.61. The molecule has 1 saturated heterocycles. The van der Waals surface area contributed by atoms with Gasteiger partial charge in [-0.15, -0.1) is 11.3 Å². The normalized spacial score (nSPS) is 17.4. The minimum absolute atomic E-state index is 0.0941. The molecule has 0 aliphatic carbocycles. The van der Waals surface area contributed by atoms with Gasteiger partial charge in [-0.05, 0) is 43.5 Å². The molecule has 2 atom stereocenters. The number of sulfone groups is 1. The van der Waals surface area contributed by atoms with E-state index < -0.39 is 9.84 Å². The Hall–Kier alpha value is -3.83. The van der Waals surface area contributed by atoms with Crippen molar-refractivity contribution in [3.8, 4) is 33.4 Å². The van der Waals surface area contributed by atoms with E-state index in [1.807, 2.05) is 47.4 Å². The topological polar surface area (TPSA) is 103 Å². The van der Waals surface area contributed by atoms with Crippen molar-refractivity contribution >= 4 is 37.8 Å². The van der Waals surface area contributed by atoms with Gasteiger partial charge in [0.25, 0.3) is 0 Å². The van der Waals surface area contributed by atoms with E-state index in [2.05, 4.69) is 28.9 Å². The maximum Gasteiger partial charge on any atom is 0.156 e. The molecule has 0 bridgehead atoms. The van der Waals surface area contributed by atoms with Crippen LogP contribution in [0.15, 0.2) is 60.4 Å². The van der Waals surface area contributed by atoms with Crippen LogP contribution in [0, 0.1) is 12.8 Å². The second kappa shape index (κ2) is 9.73. The highest BCUT2D eigenvalue weighted by molar-refractivity contribution is 7.90. The minimum atomic E-state index is -3.04. The third-order valence-electron chi connectivity index (χ3n) is 7.28. The molecule has 0 aromatic carbocycles. The van der Waals surface area contributed by atoms with Crippen LogP contribution in [0.2, 0.25) is 0 Å². The van der Waals surface area contributed by atoms with Gasteiger partial charge in [0.1, 0.15) is 15.6 Å². The lowest BCUT2D eigenvalue weighted by Crippen LogP contribution is -2.57.